The first-order valence-corrected chi connectivity index (χ1v) is 4.83. The predicted octanol–water partition coefficient (Wildman–Crippen LogP) is 1.64. The number of hydrogen-bond acceptors (Lipinski definition) is 3. The van der Waals surface area contributed by atoms with Gasteiger partial charge in [0, 0.05) is 0 Å². The second-order valence-corrected chi connectivity index (χ2v) is 3.46. The molecule has 0 aromatic rings. The Bertz CT molecular complexity index is 239. The van der Waals surface area contributed by atoms with Crippen LogP contribution in [0.5, 0.6) is 0 Å². The van der Waals surface area contributed by atoms with Gasteiger partial charge in [0.1, 0.15) is 6.10 Å². The van der Waals surface area contributed by atoms with Gasteiger partial charge in [-0.3, -0.25) is 9.59 Å². The van der Waals surface area contributed by atoms with Gasteiger partial charge < -0.3 is 5.11 Å². The van der Waals surface area contributed by atoms with Gasteiger partial charge >= 0.3 is 0 Å². The first-order chi connectivity index (χ1) is 6.45. The fourth-order valence-electron chi connectivity index (χ4n) is 0.991. The number of aliphatic hydroxyl groups is 1. The first-order valence-electron chi connectivity index (χ1n) is 4.83. The number of ketones is 2. The van der Waals surface area contributed by atoms with Crippen LogP contribution in [0, 0.1) is 0 Å². The molecule has 0 aromatic carbocycles. The number of Topliss-reactive ketones (excluding diaryl/α,β-unsaturated/α-hetero) is 2. The van der Waals surface area contributed by atoms with Crippen LogP contribution >= 0.6 is 0 Å². The fraction of sp³-hybridized carbons (Fsp3) is 0.636. The molecule has 3 heteroatoms. The number of carbonyl (C=O) groups is 2. The minimum absolute atomic E-state index is 0.185. The van der Waals surface area contributed by atoms with Crippen LogP contribution < -0.4 is 0 Å². The normalized spacial score (nSPS) is 16.4. The molecule has 0 saturated heterocycles. The van der Waals surface area contributed by atoms with E-state index in [-0.39, 0.29) is 11.6 Å². The minimum Gasteiger partial charge on any atom is -0.386 e. The van der Waals surface area contributed by atoms with E-state index >= 15 is 0 Å². The first kappa shape index (κ1) is 13.0. The van der Waals surface area contributed by atoms with E-state index in [4.69, 9.17) is 5.11 Å². The maximum Gasteiger partial charge on any atom is 0.157 e. The van der Waals surface area contributed by atoms with Crippen LogP contribution in [0.2, 0.25) is 0 Å². The van der Waals surface area contributed by atoms with E-state index in [0.717, 1.165) is 18.4 Å². The zero-order valence-corrected chi connectivity index (χ0v) is 9.04. The number of rotatable bonds is 2. The monoisotopic (exact) mass is 198 g/mol. The summed E-state index contributed by atoms with van der Waals surface area (Å²) in [7, 11) is 0. The minimum atomic E-state index is -0.787. The maximum atomic E-state index is 10.6. The summed E-state index contributed by atoms with van der Waals surface area (Å²) in [6.45, 7) is 4.43. The summed E-state index contributed by atoms with van der Waals surface area (Å²) in [4.78, 5) is 20.5. The molecule has 0 spiro atoms. The molecule has 0 bridgehead atoms. The van der Waals surface area contributed by atoms with Crippen LogP contribution in [0.1, 0.15) is 40.0 Å². The lowest BCUT2D eigenvalue weighted by molar-refractivity contribution is -0.124. The van der Waals surface area contributed by atoms with Gasteiger partial charge in [0.25, 0.3) is 0 Å². The molecule has 0 aliphatic heterocycles. The fourth-order valence-corrected chi connectivity index (χ4v) is 0.991. The van der Waals surface area contributed by atoms with Gasteiger partial charge in [-0.1, -0.05) is 6.08 Å². The van der Waals surface area contributed by atoms with E-state index in [0.29, 0.717) is 0 Å². The molecule has 0 saturated carbocycles. The smallest absolute Gasteiger partial charge is 0.157 e. The predicted molar refractivity (Wildman–Crippen MR) is 55.0 cm³/mol. The Kier molecular flexibility index (Phi) is 6.04. The van der Waals surface area contributed by atoms with Gasteiger partial charge in [-0.2, -0.15) is 0 Å². The number of carbonyl (C=O) groups excluding carboxylic acids is 2. The van der Waals surface area contributed by atoms with Gasteiger partial charge in [-0.25, -0.2) is 0 Å². The van der Waals surface area contributed by atoms with Gasteiger partial charge in [0.2, 0.25) is 0 Å². The maximum absolute atomic E-state index is 10.6. The van der Waals surface area contributed by atoms with Gasteiger partial charge in [0.15, 0.2) is 11.6 Å². The molecule has 14 heavy (non-hydrogen) atoms. The standard InChI is InChI=1S/C7H10O.C4H8O2/c1-6(8)7-4-2-3-5-7;1-3(5)4(2)6/h4H,2-3,5H2,1H3;3,5H,1-2H3. The molecule has 3 nitrogen and oxygen atoms in total. The van der Waals surface area contributed by atoms with Crippen molar-refractivity contribution < 1.29 is 14.7 Å². The zero-order chi connectivity index (χ0) is 11.1. The average Bonchev–Trinajstić information content (AvgIpc) is 2.56. The van der Waals surface area contributed by atoms with Crippen molar-refractivity contribution in [1.82, 2.24) is 0 Å². The molecule has 1 unspecified atom stereocenters. The number of aliphatic hydroxyl groups excluding tert-OH is 1. The second kappa shape index (κ2) is 6.49. The highest BCUT2D eigenvalue weighted by Crippen LogP contribution is 2.17. The van der Waals surface area contributed by atoms with Crippen molar-refractivity contribution in [3.05, 3.63) is 11.6 Å². The Balaban J connectivity index is 0.000000255. The Morgan fingerprint density at radius 3 is 2.07 bits per heavy atom. The van der Waals surface area contributed by atoms with Crippen molar-refractivity contribution in [2.24, 2.45) is 0 Å². The summed E-state index contributed by atoms with van der Waals surface area (Å²) in [5.74, 6) is 0.0671. The van der Waals surface area contributed by atoms with Gasteiger partial charge in [-0.15, -0.1) is 0 Å². The molecule has 80 valence electrons. The largest absolute Gasteiger partial charge is 0.386 e. The molecule has 1 aliphatic carbocycles. The van der Waals surface area contributed by atoms with Crippen molar-refractivity contribution in [2.45, 2.75) is 46.1 Å². The highest BCUT2D eigenvalue weighted by molar-refractivity contribution is 5.93. The Morgan fingerprint density at radius 1 is 1.43 bits per heavy atom. The van der Waals surface area contributed by atoms with E-state index in [2.05, 4.69) is 0 Å². The van der Waals surface area contributed by atoms with Gasteiger partial charge in [0.05, 0.1) is 0 Å². The molecule has 0 fully saturated rings. The van der Waals surface area contributed by atoms with Crippen LogP contribution in [0.4, 0.5) is 0 Å². The lowest BCUT2D eigenvalue weighted by atomic mass is 10.2. The molecule has 0 radical (unpaired) electrons. The van der Waals surface area contributed by atoms with E-state index in [9.17, 15) is 9.59 Å². The summed E-state index contributed by atoms with van der Waals surface area (Å²) in [5.41, 5.74) is 1.03. The Labute approximate surface area is 84.8 Å². The van der Waals surface area contributed by atoms with E-state index < -0.39 is 6.10 Å². The third-order valence-electron chi connectivity index (χ3n) is 2.08. The zero-order valence-electron chi connectivity index (χ0n) is 9.04. The molecular weight excluding hydrogens is 180 g/mol. The topological polar surface area (TPSA) is 54.4 Å². The third kappa shape index (κ3) is 5.65. The van der Waals surface area contributed by atoms with E-state index in [1.54, 1.807) is 6.92 Å². The summed E-state index contributed by atoms with van der Waals surface area (Å²) in [5, 5.41) is 8.28. The van der Waals surface area contributed by atoms with Crippen molar-refractivity contribution >= 4 is 11.6 Å². The van der Waals surface area contributed by atoms with E-state index in [1.807, 2.05) is 6.08 Å². The molecule has 0 heterocycles. The van der Waals surface area contributed by atoms with Crippen molar-refractivity contribution in [3.63, 3.8) is 0 Å². The molecule has 1 N–H and O–H groups in total. The van der Waals surface area contributed by atoms with Crippen LogP contribution in [-0.4, -0.2) is 22.8 Å². The lowest BCUT2D eigenvalue weighted by Crippen LogP contribution is -2.10. The summed E-state index contributed by atoms with van der Waals surface area (Å²) in [6.07, 6.45) is 4.55. The molecule has 1 aliphatic rings. The second-order valence-electron chi connectivity index (χ2n) is 3.46. The molecule has 0 amide bonds. The summed E-state index contributed by atoms with van der Waals surface area (Å²) >= 11 is 0. The molecule has 1 atom stereocenters. The molecular formula is C11H18O3. The molecule has 1 rings (SSSR count). The van der Waals surface area contributed by atoms with E-state index in [1.165, 1.54) is 20.3 Å². The van der Waals surface area contributed by atoms with Crippen LogP contribution in [0.3, 0.4) is 0 Å². The number of allylic oxidation sites excluding steroid dienone is 2. The van der Waals surface area contributed by atoms with Crippen molar-refractivity contribution in [3.8, 4) is 0 Å². The van der Waals surface area contributed by atoms with Crippen molar-refractivity contribution in [2.75, 3.05) is 0 Å². The summed E-state index contributed by atoms with van der Waals surface area (Å²) in [6, 6.07) is 0. The SMILES string of the molecule is CC(=O)C(C)O.CC(=O)C1=CCCC1. The van der Waals surface area contributed by atoms with Gasteiger partial charge in [-0.05, 0) is 45.6 Å². The van der Waals surface area contributed by atoms with Crippen molar-refractivity contribution in [1.29, 1.82) is 0 Å². The highest BCUT2D eigenvalue weighted by Gasteiger charge is 2.06. The van der Waals surface area contributed by atoms with Crippen LogP contribution in [0.25, 0.3) is 0 Å². The lowest BCUT2D eigenvalue weighted by Gasteiger charge is -1.90. The third-order valence-corrected chi connectivity index (χ3v) is 2.08. The molecule has 0 aromatic heterocycles. The quantitative estimate of drug-likeness (QED) is 0.734. The average molecular weight is 198 g/mol. The highest BCUT2D eigenvalue weighted by atomic mass is 16.3. The van der Waals surface area contributed by atoms with Crippen LogP contribution in [0.15, 0.2) is 11.6 Å². The van der Waals surface area contributed by atoms with Crippen LogP contribution in [-0.2, 0) is 9.59 Å². The Morgan fingerprint density at radius 2 is 1.93 bits per heavy atom. The summed E-state index contributed by atoms with van der Waals surface area (Å²) < 4.78 is 0. The number of hydrogen-bond donors (Lipinski definition) is 1. The Hall–Kier alpha value is -0.960.